The number of aliphatic hydroxyl groups is 1. The van der Waals surface area contributed by atoms with E-state index >= 15 is 0 Å². The zero-order chi connectivity index (χ0) is 32.0. The van der Waals surface area contributed by atoms with Crippen LogP contribution in [0.4, 0.5) is 28.7 Å². The molecule has 0 aliphatic carbocycles. The van der Waals surface area contributed by atoms with Gasteiger partial charge in [-0.3, -0.25) is 20.2 Å². The van der Waals surface area contributed by atoms with Crippen molar-refractivity contribution >= 4 is 75.1 Å². The molecule has 42 heavy (non-hydrogen) atoms. The average molecular weight is 675 g/mol. The van der Waals surface area contributed by atoms with Gasteiger partial charge in [-0.15, -0.1) is 0 Å². The Kier molecular flexibility index (Phi) is 26.1. The molecule has 0 bridgehead atoms. The molecule has 19 heteroatoms. The lowest BCUT2D eigenvalue weighted by molar-refractivity contribution is -0.385. The number of halogens is 4. The summed E-state index contributed by atoms with van der Waals surface area (Å²) in [5.41, 5.74) is 10.8. The van der Waals surface area contributed by atoms with Crippen LogP contribution in [0, 0.1) is 20.2 Å². The Morgan fingerprint density at radius 3 is 1.52 bits per heavy atom. The van der Waals surface area contributed by atoms with E-state index < -0.39 is 9.85 Å². The van der Waals surface area contributed by atoms with Gasteiger partial charge in [0.25, 0.3) is 0 Å². The summed E-state index contributed by atoms with van der Waals surface area (Å²) in [6, 6.07) is 8.63. The molecule has 0 aromatic carbocycles. The summed E-state index contributed by atoms with van der Waals surface area (Å²) in [4.78, 5) is 30.8. The highest BCUT2D eigenvalue weighted by molar-refractivity contribution is 6.33. The predicted molar refractivity (Wildman–Crippen MR) is 170 cm³/mol. The molecule has 0 fully saturated rings. The summed E-state index contributed by atoms with van der Waals surface area (Å²) < 4.78 is 0. The van der Waals surface area contributed by atoms with Crippen LogP contribution in [0.25, 0.3) is 0 Å². The number of nitrogens with two attached hydrogens (primary N) is 2. The number of aliphatic hydroxyl groups excluding tert-OH is 1. The predicted octanol–water partition coefficient (Wildman–Crippen LogP) is 5.26. The third-order valence-corrected chi connectivity index (χ3v) is 4.52. The molecule has 9 N–H and O–H groups in total. The molecule has 15 nitrogen and oxygen atoms in total. The van der Waals surface area contributed by atoms with E-state index in [0.717, 1.165) is 13.1 Å². The number of rotatable bonds is 6. The van der Waals surface area contributed by atoms with Crippen LogP contribution in [0.2, 0.25) is 20.6 Å². The molecular formula is C23H35Cl4N9O6. The van der Waals surface area contributed by atoms with Crippen molar-refractivity contribution in [2.24, 2.45) is 5.73 Å². The molecule has 0 aliphatic heterocycles. The summed E-state index contributed by atoms with van der Waals surface area (Å²) >= 11 is 22.0. The van der Waals surface area contributed by atoms with Gasteiger partial charge in [0.05, 0.1) is 15.5 Å². The van der Waals surface area contributed by atoms with Crippen molar-refractivity contribution in [3.63, 3.8) is 0 Å². The summed E-state index contributed by atoms with van der Waals surface area (Å²) in [5, 5.41) is 34.6. The minimum Gasteiger partial charge on any atom is -0.412 e. The first-order valence-electron chi connectivity index (χ1n) is 11.8. The standard InChI is InChI=1S/C7H8ClN3O2.C7H10ClN3.C5H2Cl2N2O2.C2H7N.C2H6O.H2O/c1-2-9-7-5(11(12)13)3-4-6(8)10-7;1-2-10-7-5(9)3-4-6(8)11-7;6-4-2-1-3(9(10)11)5(7)8-4;2*1-2-3;/h3-4H,2H2,1H3,(H,9,10);3-4H,2,9H2,1H3,(H,10,11);1-2H;2-3H2,1H3;3H,2H2,1H3;1H2. The monoisotopic (exact) mass is 673 g/mol. The molecule has 0 amide bonds. The molecule has 3 aromatic heterocycles. The minimum atomic E-state index is -0.619. The van der Waals surface area contributed by atoms with E-state index in [-0.39, 0.29) is 44.7 Å². The number of aromatic nitrogens is 3. The largest absolute Gasteiger partial charge is 0.412 e. The van der Waals surface area contributed by atoms with Crippen LogP contribution in [-0.2, 0) is 0 Å². The van der Waals surface area contributed by atoms with E-state index in [9.17, 15) is 20.2 Å². The first-order chi connectivity index (χ1) is 19.3. The lowest BCUT2D eigenvalue weighted by Gasteiger charge is -2.04. The van der Waals surface area contributed by atoms with Crippen molar-refractivity contribution in [1.82, 2.24) is 15.0 Å². The van der Waals surface area contributed by atoms with E-state index in [4.69, 9.17) is 63.0 Å². The summed E-state index contributed by atoms with van der Waals surface area (Å²) in [7, 11) is 0. The number of hydrogen-bond donors (Lipinski definition) is 5. The van der Waals surface area contributed by atoms with Crippen molar-refractivity contribution in [2.45, 2.75) is 27.7 Å². The number of nitro groups is 2. The van der Waals surface area contributed by atoms with Gasteiger partial charge in [0.15, 0.2) is 5.82 Å². The van der Waals surface area contributed by atoms with Crippen LogP contribution in [0.1, 0.15) is 27.7 Å². The van der Waals surface area contributed by atoms with Crippen LogP contribution in [0.15, 0.2) is 36.4 Å². The highest BCUT2D eigenvalue weighted by Crippen LogP contribution is 2.24. The zero-order valence-electron chi connectivity index (χ0n) is 23.3. The number of hydrogen-bond acceptors (Lipinski definition) is 12. The van der Waals surface area contributed by atoms with E-state index in [1.807, 2.05) is 20.8 Å². The van der Waals surface area contributed by atoms with Crippen LogP contribution >= 0.6 is 46.4 Å². The first kappa shape index (κ1) is 43.1. The van der Waals surface area contributed by atoms with Crippen molar-refractivity contribution in [3.05, 3.63) is 77.2 Å². The van der Waals surface area contributed by atoms with Crippen LogP contribution in [-0.4, -0.2) is 61.6 Å². The molecule has 0 aliphatic rings. The van der Waals surface area contributed by atoms with E-state index in [0.29, 0.717) is 23.2 Å². The van der Waals surface area contributed by atoms with Gasteiger partial charge >= 0.3 is 11.4 Å². The molecular weight excluding hydrogens is 640 g/mol. The van der Waals surface area contributed by atoms with Crippen molar-refractivity contribution < 1.29 is 20.4 Å². The average Bonchev–Trinajstić information content (AvgIpc) is 2.88. The first-order valence-corrected chi connectivity index (χ1v) is 13.3. The minimum absolute atomic E-state index is 0. The summed E-state index contributed by atoms with van der Waals surface area (Å²) in [6.45, 7) is 9.74. The fourth-order valence-electron chi connectivity index (χ4n) is 2.17. The Bertz CT molecular complexity index is 1210. The third-order valence-electron chi connectivity index (χ3n) is 3.61. The fourth-order valence-corrected chi connectivity index (χ4v) is 2.88. The number of nitrogens with zero attached hydrogens (tertiary/aromatic N) is 5. The van der Waals surface area contributed by atoms with Crippen LogP contribution < -0.4 is 22.1 Å². The van der Waals surface area contributed by atoms with Gasteiger partial charge in [-0.25, -0.2) is 15.0 Å². The van der Waals surface area contributed by atoms with E-state index in [2.05, 4.69) is 25.6 Å². The Balaban J connectivity index is -0.000000492. The second-order valence-corrected chi connectivity index (χ2v) is 8.34. The number of nitrogen functional groups attached to an aromatic ring is 1. The molecule has 0 unspecified atom stereocenters. The molecule has 0 atom stereocenters. The van der Waals surface area contributed by atoms with Gasteiger partial charge < -0.3 is 32.7 Å². The van der Waals surface area contributed by atoms with Gasteiger partial charge in [0.1, 0.15) is 15.5 Å². The SMILES string of the molecule is CCN.CCNc1nc(Cl)ccc1N.CCNc1nc(Cl)ccc1[N+](=O)[O-].CCO.O.O=[N+]([O-])c1ccc(Cl)nc1Cl. The van der Waals surface area contributed by atoms with E-state index in [1.165, 1.54) is 24.3 Å². The maximum atomic E-state index is 10.5. The van der Waals surface area contributed by atoms with Gasteiger partial charge in [-0.2, -0.15) is 0 Å². The Hall–Kier alpha value is -3.31. The highest BCUT2D eigenvalue weighted by Gasteiger charge is 2.14. The van der Waals surface area contributed by atoms with Crippen LogP contribution in [0.5, 0.6) is 0 Å². The van der Waals surface area contributed by atoms with E-state index in [1.54, 1.807) is 19.1 Å². The van der Waals surface area contributed by atoms with Gasteiger partial charge in [0, 0.05) is 31.8 Å². The molecule has 0 radical (unpaired) electrons. The molecule has 0 saturated heterocycles. The van der Waals surface area contributed by atoms with Crippen molar-refractivity contribution in [1.29, 1.82) is 0 Å². The second kappa shape index (κ2) is 25.4. The Labute approximate surface area is 263 Å². The second-order valence-electron chi connectivity index (χ2n) is 6.82. The highest BCUT2D eigenvalue weighted by atomic mass is 35.5. The lowest BCUT2D eigenvalue weighted by Crippen LogP contribution is -2.03. The fraction of sp³-hybridized carbons (Fsp3) is 0.348. The maximum absolute atomic E-state index is 10.5. The van der Waals surface area contributed by atoms with Gasteiger partial charge in [0.2, 0.25) is 11.0 Å². The molecule has 3 rings (SSSR count). The number of anilines is 3. The molecule has 0 spiro atoms. The normalized spacial score (nSPS) is 8.90. The quantitative estimate of drug-likeness (QED) is 0.127. The van der Waals surface area contributed by atoms with Gasteiger partial charge in [-0.1, -0.05) is 53.3 Å². The topological polar surface area (TPSA) is 253 Å². The van der Waals surface area contributed by atoms with Crippen LogP contribution in [0.3, 0.4) is 0 Å². The molecule has 3 aromatic rings. The Morgan fingerprint density at radius 2 is 1.12 bits per heavy atom. The lowest BCUT2D eigenvalue weighted by atomic mass is 10.4. The Morgan fingerprint density at radius 1 is 0.762 bits per heavy atom. The van der Waals surface area contributed by atoms with Gasteiger partial charge in [-0.05, 0) is 51.6 Å². The van der Waals surface area contributed by atoms with Crippen molar-refractivity contribution in [2.75, 3.05) is 42.6 Å². The maximum Gasteiger partial charge on any atom is 0.311 e. The zero-order valence-corrected chi connectivity index (χ0v) is 26.3. The third kappa shape index (κ3) is 18.9. The number of pyridine rings is 3. The summed E-state index contributed by atoms with van der Waals surface area (Å²) in [5.74, 6) is 0.861. The van der Waals surface area contributed by atoms with Crippen molar-refractivity contribution in [3.8, 4) is 0 Å². The number of nitrogens with one attached hydrogen (secondary N) is 2. The molecule has 3 heterocycles. The summed E-state index contributed by atoms with van der Waals surface area (Å²) in [6.07, 6.45) is 0. The molecule has 236 valence electrons. The molecule has 0 saturated carbocycles. The smallest absolute Gasteiger partial charge is 0.311 e.